The van der Waals surface area contributed by atoms with Gasteiger partial charge in [0.2, 0.25) is 0 Å². The smallest absolute Gasteiger partial charge is 0.362 e. The van der Waals surface area contributed by atoms with Gasteiger partial charge in [-0.1, -0.05) is 0 Å². The number of hydrogen-bond acceptors (Lipinski definition) is 4. The molecule has 0 spiro atoms. The fourth-order valence-corrected chi connectivity index (χ4v) is 0.633. The van der Waals surface area contributed by atoms with E-state index in [1.165, 1.54) is 12.5 Å². The van der Waals surface area contributed by atoms with Gasteiger partial charge in [0, 0.05) is 0 Å². The molecule has 14 heavy (non-hydrogen) atoms. The molecule has 0 atom stereocenters. The van der Waals surface area contributed by atoms with Crippen LogP contribution in [0.15, 0.2) is 33.0 Å². The third-order valence-corrected chi connectivity index (χ3v) is 1.10. The van der Waals surface area contributed by atoms with Crippen molar-refractivity contribution in [2.24, 2.45) is 15.9 Å². The standard InChI is InChI=1S/C6H8N5O3/c7-6(10-11(12)13)9-8-4-5-2-1-3-14-5/h1-4H,(H,12,13)(H3,7,9,10)/q+1/b8-4+. The van der Waals surface area contributed by atoms with Crippen LogP contribution in [0.25, 0.3) is 0 Å². The number of hydrazine groups is 1. The van der Waals surface area contributed by atoms with E-state index in [2.05, 4.69) is 10.2 Å². The Kier molecular flexibility index (Phi) is 3.19. The summed E-state index contributed by atoms with van der Waals surface area (Å²) in [6, 6.07) is 3.34. The SMILES string of the molecule is N/C(=N\N=C\c1ccco1)N[N+](=O)O. The van der Waals surface area contributed by atoms with Crippen LogP contribution < -0.4 is 11.2 Å². The minimum absolute atomic E-state index is 0.342. The van der Waals surface area contributed by atoms with Crippen molar-refractivity contribution < 1.29 is 14.7 Å². The summed E-state index contributed by atoms with van der Waals surface area (Å²) >= 11 is 0. The van der Waals surface area contributed by atoms with Crippen molar-refractivity contribution in [2.75, 3.05) is 0 Å². The highest BCUT2D eigenvalue weighted by atomic mass is 16.7. The summed E-state index contributed by atoms with van der Waals surface area (Å²) < 4.78 is 4.90. The molecule has 0 saturated heterocycles. The lowest BCUT2D eigenvalue weighted by Gasteiger charge is -1.86. The van der Waals surface area contributed by atoms with Crippen LogP contribution >= 0.6 is 0 Å². The fourth-order valence-electron chi connectivity index (χ4n) is 0.633. The minimum atomic E-state index is -0.582. The Morgan fingerprint density at radius 3 is 3.14 bits per heavy atom. The molecule has 0 bridgehead atoms. The van der Waals surface area contributed by atoms with Crippen molar-refractivity contribution in [2.45, 2.75) is 0 Å². The second-order valence-electron chi connectivity index (χ2n) is 2.13. The lowest BCUT2D eigenvalue weighted by Crippen LogP contribution is -2.36. The summed E-state index contributed by atoms with van der Waals surface area (Å²) in [6.07, 6.45) is 2.76. The molecule has 0 radical (unpaired) electrons. The Morgan fingerprint density at radius 1 is 1.79 bits per heavy atom. The molecule has 0 amide bonds. The van der Waals surface area contributed by atoms with Gasteiger partial charge in [0.05, 0.1) is 12.5 Å². The normalized spacial score (nSPS) is 11.9. The summed E-state index contributed by atoms with van der Waals surface area (Å²) in [7, 11) is 0. The molecule has 0 aliphatic heterocycles. The van der Waals surface area contributed by atoms with E-state index in [1.807, 2.05) is 0 Å². The van der Waals surface area contributed by atoms with E-state index >= 15 is 0 Å². The second kappa shape index (κ2) is 4.60. The first-order chi connectivity index (χ1) is 6.68. The van der Waals surface area contributed by atoms with E-state index in [1.54, 1.807) is 17.6 Å². The number of nitrogens with one attached hydrogen (secondary N) is 1. The van der Waals surface area contributed by atoms with Gasteiger partial charge in [-0.15, -0.1) is 5.10 Å². The van der Waals surface area contributed by atoms with Gasteiger partial charge in [0.1, 0.15) is 10.7 Å². The Labute approximate surface area is 78.2 Å². The average Bonchev–Trinajstić information content (AvgIpc) is 2.55. The Balaban J connectivity index is 2.49. The fraction of sp³-hybridized carbons (Fsp3) is 0. The summed E-state index contributed by atoms with van der Waals surface area (Å²) in [5, 5.41) is 14.4. The molecule has 0 aliphatic rings. The lowest BCUT2D eigenvalue weighted by molar-refractivity contribution is -0.822. The van der Waals surface area contributed by atoms with Gasteiger partial charge in [-0.05, 0) is 17.6 Å². The maximum atomic E-state index is 9.98. The molecule has 1 aromatic heterocycles. The summed E-state index contributed by atoms with van der Waals surface area (Å²) in [4.78, 5) is 9.98. The minimum Gasteiger partial charge on any atom is -0.463 e. The van der Waals surface area contributed by atoms with E-state index < -0.39 is 5.03 Å². The average molecular weight is 198 g/mol. The van der Waals surface area contributed by atoms with Crippen molar-refractivity contribution in [3.8, 4) is 0 Å². The number of guanidine groups is 1. The number of nitrogens with zero attached hydrogens (tertiary/aromatic N) is 3. The largest absolute Gasteiger partial charge is 0.463 e. The van der Waals surface area contributed by atoms with Gasteiger partial charge in [-0.2, -0.15) is 5.10 Å². The molecule has 0 fully saturated rings. The van der Waals surface area contributed by atoms with E-state index in [9.17, 15) is 4.91 Å². The lowest BCUT2D eigenvalue weighted by atomic mass is 10.5. The zero-order chi connectivity index (χ0) is 10.4. The first-order valence-corrected chi connectivity index (χ1v) is 3.51. The van der Waals surface area contributed by atoms with E-state index in [-0.39, 0.29) is 5.96 Å². The number of nitrogens with two attached hydrogens (primary N) is 1. The molecule has 1 heterocycles. The van der Waals surface area contributed by atoms with E-state index in [0.29, 0.717) is 5.76 Å². The summed E-state index contributed by atoms with van der Waals surface area (Å²) in [5.41, 5.74) is 6.85. The van der Waals surface area contributed by atoms with Gasteiger partial charge in [-0.25, -0.2) is 5.21 Å². The van der Waals surface area contributed by atoms with Gasteiger partial charge >= 0.3 is 5.03 Å². The first-order valence-electron chi connectivity index (χ1n) is 3.51. The Hall–Kier alpha value is -2.38. The molecule has 0 saturated carbocycles. The first kappa shape index (κ1) is 9.71. The van der Waals surface area contributed by atoms with Crippen LogP contribution in [0.2, 0.25) is 0 Å². The zero-order valence-corrected chi connectivity index (χ0v) is 6.99. The maximum Gasteiger partial charge on any atom is 0.362 e. The molecule has 4 N–H and O–H groups in total. The molecule has 74 valence electrons. The van der Waals surface area contributed by atoms with E-state index in [0.717, 1.165) is 0 Å². The zero-order valence-electron chi connectivity index (χ0n) is 6.99. The molecule has 0 unspecified atom stereocenters. The second-order valence-corrected chi connectivity index (χ2v) is 2.13. The van der Waals surface area contributed by atoms with Gasteiger partial charge in [0.25, 0.3) is 5.96 Å². The van der Waals surface area contributed by atoms with Gasteiger partial charge in [0.15, 0.2) is 0 Å². The van der Waals surface area contributed by atoms with Crippen molar-refractivity contribution in [1.82, 2.24) is 5.43 Å². The van der Waals surface area contributed by atoms with E-state index in [4.69, 9.17) is 15.4 Å². The highest BCUT2D eigenvalue weighted by Crippen LogP contribution is 1.94. The summed E-state index contributed by atoms with van der Waals surface area (Å²) in [5.74, 6) is 0.148. The Morgan fingerprint density at radius 2 is 2.57 bits per heavy atom. The van der Waals surface area contributed by atoms with Crippen LogP contribution in [0, 0.1) is 4.91 Å². The molecular weight excluding hydrogens is 190 g/mol. The third kappa shape index (κ3) is 3.34. The van der Waals surface area contributed by atoms with Crippen molar-refractivity contribution >= 4 is 12.2 Å². The molecule has 0 aliphatic carbocycles. The third-order valence-electron chi connectivity index (χ3n) is 1.10. The quantitative estimate of drug-likeness (QED) is 0.347. The molecule has 1 aromatic rings. The Bertz CT molecular complexity index is 356. The van der Waals surface area contributed by atoms with Crippen LogP contribution in [0.3, 0.4) is 0 Å². The van der Waals surface area contributed by atoms with Crippen molar-refractivity contribution in [3.05, 3.63) is 29.1 Å². The predicted molar refractivity (Wildman–Crippen MR) is 46.5 cm³/mol. The maximum absolute atomic E-state index is 9.98. The topological polar surface area (TPSA) is 116 Å². The van der Waals surface area contributed by atoms with Crippen LogP contribution in [0.1, 0.15) is 5.76 Å². The molecular formula is C6H8N5O3+. The van der Waals surface area contributed by atoms with Gasteiger partial charge < -0.3 is 10.2 Å². The van der Waals surface area contributed by atoms with Crippen LogP contribution in [0.5, 0.6) is 0 Å². The monoisotopic (exact) mass is 198 g/mol. The molecule has 0 aromatic carbocycles. The van der Waals surface area contributed by atoms with Gasteiger partial charge in [-0.3, -0.25) is 0 Å². The van der Waals surface area contributed by atoms with Crippen molar-refractivity contribution in [1.29, 1.82) is 0 Å². The summed E-state index contributed by atoms with van der Waals surface area (Å²) in [6.45, 7) is 0. The predicted octanol–water partition coefficient (Wildman–Crippen LogP) is -0.399. The van der Waals surface area contributed by atoms with Crippen molar-refractivity contribution in [3.63, 3.8) is 0 Å². The van der Waals surface area contributed by atoms with Crippen LogP contribution in [-0.2, 0) is 0 Å². The van der Waals surface area contributed by atoms with Crippen LogP contribution in [-0.4, -0.2) is 22.4 Å². The number of furan rings is 1. The van der Waals surface area contributed by atoms with Crippen LogP contribution in [0.4, 0.5) is 0 Å². The molecule has 1 rings (SSSR count). The highest BCUT2D eigenvalue weighted by Gasteiger charge is 2.03. The highest BCUT2D eigenvalue weighted by molar-refractivity contribution is 5.79. The number of rotatable bonds is 3. The number of hydrogen-bond donors (Lipinski definition) is 3. The molecule has 8 heteroatoms. The molecule has 8 nitrogen and oxygen atoms in total.